The van der Waals surface area contributed by atoms with Crippen molar-refractivity contribution in [1.82, 2.24) is 4.98 Å². The van der Waals surface area contributed by atoms with Gasteiger partial charge in [-0.25, -0.2) is 9.98 Å². The molecule has 32 heavy (non-hydrogen) atoms. The van der Waals surface area contributed by atoms with Crippen LogP contribution in [-0.4, -0.2) is 23.2 Å². The number of nitro benzene ring substituents is 1. The number of aryl methyl sites for hydroxylation is 2. The van der Waals surface area contributed by atoms with Gasteiger partial charge in [-0.05, 0) is 66.9 Å². The molecule has 3 aromatic carbocycles. The number of aliphatic imine (C=N–C) groups is 1. The lowest BCUT2D eigenvalue weighted by Crippen LogP contribution is -1.89. The standard InChI is InChI=1S/C25H21N3O3S/c1-16-4-13-22(17(2)14-16)23-24(19-7-9-20(10-8-19)28(29)30)32-25(27-23)26-15-18-5-11-21(31-3)12-6-18/h4-15H,1-3H3. The fourth-order valence-electron chi connectivity index (χ4n) is 3.38. The summed E-state index contributed by atoms with van der Waals surface area (Å²) in [5, 5.41) is 11.7. The van der Waals surface area contributed by atoms with E-state index in [-0.39, 0.29) is 5.69 Å². The van der Waals surface area contributed by atoms with E-state index in [1.54, 1.807) is 25.5 Å². The number of hydrogen-bond acceptors (Lipinski definition) is 6. The van der Waals surface area contributed by atoms with Crippen LogP contribution < -0.4 is 4.74 Å². The van der Waals surface area contributed by atoms with Crippen LogP contribution in [0.15, 0.2) is 71.7 Å². The summed E-state index contributed by atoms with van der Waals surface area (Å²) in [5.74, 6) is 0.786. The van der Waals surface area contributed by atoms with Crippen molar-refractivity contribution >= 4 is 28.4 Å². The van der Waals surface area contributed by atoms with Crippen LogP contribution in [0.2, 0.25) is 0 Å². The predicted octanol–water partition coefficient (Wildman–Crippen LogP) is 6.76. The summed E-state index contributed by atoms with van der Waals surface area (Å²) < 4.78 is 5.19. The van der Waals surface area contributed by atoms with Crippen molar-refractivity contribution in [3.63, 3.8) is 0 Å². The van der Waals surface area contributed by atoms with Gasteiger partial charge in [0.15, 0.2) is 0 Å². The third-order valence-corrected chi connectivity index (χ3v) is 6.05. The predicted molar refractivity (Wildman–Crippen MR) is 129 cm³/mol. The van der Waals surface area contributed by atoms with Crippen molar-refractivity contribution in [2.24, 2.45) is 4.99 Å². The molecule has 0 aliphatic rings. The van der Waals surface area contributed by atoms with E-state index in [9.17, 15) is 10.1 Å². The summed E-state index contributed by atoms with van der Waals surface area (Å²) in [4.78, 5) is 21.0. The second-order valence-corrected chi connectivity index (χ2v) is 8.31. The molecule has 0 bridgehead atoms. The van der Waals surface area contributed by atoms with Crippen molar-refractivity contribution < 1.29 is 9.66 Å². The first kappa shape index (κ1) is 21.4. The Morgan fingerprint density at radius 1 is 1.03 bits per heavy atom. The summed E-state index contributed by atoms with van der Waals surface area (Å²) in [5.41, 5.74) is 6.00. The molecule has 160 valence electrons. The second-order valence-electron chi connectivity index (χ2n) is 7.33. The lowest BCUT2D eigenvalue weighted by Gasteiger charge is -2.07. The van der Waals surface area contributed by atoms with E-state index in [2.05, 4.69) is 37.0 Å². The van der Waals surface area contributed by atoms with E-state index >= 15 is 0 Å². The smallest absolute Gasteiger partial charge is 0.269 e. The fraction of sp³-hybridized carbons (Fsp3) is 0.120. The quantitative estimate of drug-likeness (QED) is 0.187. The van der Waals surface area contributed by atoms with Gasteiger partial charge in [0.25, 0.3) is 5.69 Å². The van der Waals surface area contributed by atoms with Crippen molar-refractivity contribution in [2.45, 2.75) is 13.8 Å². The minimum atomic E-state index is -0.397. The van der Waals surface area contributed by atoms with Gasteiger partial charge in [0.2, 0.25) is 5.13 Å². The molecule has 0 saturated carbocycles. The number of hydrogen-bond donors (Lipinski definition) is 0. The number of nitro groups is 1. The Labute approximate surface area is 190 Å². The van der Waals surface area contributed by atoms with E-state index in [1.165, 1.54) is 29.0 Å². The molecule has 0 N–H and O–H groups in total. The van der Waals surface area contributed by atoms with Gasteiger partial charge in [-0.15, -0.1) is 0 Å². The minimum absolute atomic E-state index is 0.0593. The second kappa shape index (κ2) is 9.11. The Morgan fingerprint density at radius 2 is 1.75 bits per heavy atom. The number of ether oxygens (including phenoxy) is 1. The van der Waals surface area contributed by atoms with Crippen LogP contribution in [-0.2, 0) is 0 Å². The van der Waals surface area contributed by atoms with Crippen molar-refractivity contribution in [3.8, 4) is 27.4 Å². The molecule has 0 amide bonds. The van der Waals surface area contributed by atoms with Crippen LogP contribution in [0, 0.1) is 24.0 Å². The zero-order valence-corrected chi connectivity index (χ0v) is 18.7. The SMILES string of the molecule is COc1ccc(C=Nc2nc(-c3ccc(C)cc3C)c(-c3ccc([N+](=O)[O-])cc3)s2)cc1. The highest BCUT2D eigenvalue weighted by Crippen LogP contribution is 2.41. The third kappa shape index (κ3) is 4.58. The van der Waals surface area contributed by atoms with E-state index < -0.39 is 4.92 Å². The third-order valence-electron chi connectivity index (χ3n) is 5.03. The first-order chi connectivity index (χ1) is 15.4. The van der Waals surface area contributed by atoms with E-state index in [4.69, 9.17) is 9.72 Å². The fourth-order valence-corrected chi connectivity index (χ4v) is 4.31. The molecule has 0 radical (unpaired) electrons. The molecule has 6 nitrogen and oxygen atoms in total. The molecule has 1 heterocycles. The van der Waals surface area contributed by atoms with Crippen LogP contribution in [0.4, 0.5) is 10.8 Å². The van der Waals surface area contributed by atoms with Crippen molar-refractivity contribution in [1.29, 1.82) is 0 Å². The zero-order chi connectivity index (χ0) is 22.7. The van der Waals surface area contributed by atoms with Gasteiger partial charge >= 0.3 is 0 Å². The number of rotatable bonds is 6. The van der Waals surface area contributed by atoms with E-state index in [0.29, 0.717) is 5.13 Å². The Hall–Kier alpha value is -3.84. The maximum absolute atomic E-state index is 11.0. The molecule has 0 spiro atoms. The summed E-state index contributed by atoms with van der Waals surface area (Å²) in [6.07, 6.45) is 1.77. The first-order valence-electron chi connectivity index (χ1n) is 9.96. The molecule has 0 unspecified atom stereocenters. The highest BCUT2D eigenvalue weighted by Gasteiger charge is 2.17. The van der Waals surface area contributed by atoms with Crippen LogP contribution in [0.3, 0.4) is 0 Å². The normalized spacial score (nSPS) is 11.1. The van der Waals surface area contributed by atoms with Gasteiger partial charge in [-0.3, -0.25) is 10.1 Å². The van der Waals surface area contributed by atoms with E-state index in [0.717, 1.165) is 38.6 Å². The van der Waals surface area contributed by atoms with Gasteiger partial charge in [0, 0.05) is 23.9 Å². The van der Waals surface area contributed by atoms with E-state index in [1.807, 2.05) is 24.3 Å². The summed E-state index contributed by atoms with van der Waals surface area (Å²) in [7, 11) is 1.63. The summed E-state index contributed by atoms with van der Waals surface area (Å²) in [6.45, 7) is 4.11. The molecule has 1 aromatic heterocycles. The summed E-state index contributed by atoms with van der Waals surface area (Å²) >= 11 is 1.46. The van der Waals surface area contributed by atoms with Crippen molar-refractivity contribution in [3.05, 3.63) is 93.5 Å². The topological polar surface area (TPSA) is 77.6 Å². The maximum atomic E-state index is 11.0. The van der Waals surface area contributed by atoms with Crippen LogP contribution in [0.1, 0.15) is 16.7 Å². The monoisotopic (exact) mass is 443 g/mol. The number of nitrogens with zero attached hydrogens (tertiary/aromatic N) is 3. The molecule has 4 aromatic rings. The van der Waals surface area contributed by atoms with Crippen LogP contribution >= 0.6 is 11.3 Å². The van der Waals surface area contributed by atoms with Crippen LogP contribution in [0.25, 0.3) is 21.7 Å². The molecule has 0 aliphatic carbocycles. The maximum Gasteiger partial charge on any atom is 0.269 e. The molecule has 4 rings (SSSR count). The van der Waals surface area contributed by atoms with Gasteiger partial charge < -0.3 is 4.74 Å². The average molecular weight is 444 g/mol. The van der Waals surface area contributed by atoms with Gasteiger partial charge in [-0.1, -0.05) is 35.1 Å². The van der Waals surface area contributed by atoms with Gasteiger partial charge in [-0.2, -0.15) is 0 Å². The molecular weight excluding hydrogens is 422 g/mol. The van der Waals surface area contributed by atoms with Crippen LogP contribution in [0.5, 0.6) is 5.75 Å². The Kier molecular flexibility index (Phi) is 6.09. The molecule has 7 heteroatoms. The molecule has 0 atom stereocenters. The number of methoxy groups -OCH3 is 1. The Balaban J connectivity index is 1.77. The molecule has 0 saturated heterocycles. The molecule has 0 aliphatic heterocycles. The number of non-ortho nitro benzene ring substituents is 1. The number of thiazole rings is 1. The minimum Gasteiger partial charge on any atom is -0.497 e. The highest BCUT2D eigenvalue weighted by atomic mass is 32.1. The van der Waals surface area contributed by atoms with Gasteiger partial charge in [0.05, 0.1) is 22.6 Å². The zero-order valence-electron chi connectivity index (χ0n) is 17.9. The molecule has 0 fully saturated rings. The average Bonchev–Trinajstić information content (AvgIpc) is 3.22. The molecular formula is C25H21N3O3S. The first-order valence-corrected chi connectivity index (χ1v) is 10.8. The highest BCUT2D eigenvalue weighted by molar-refractivity contribution is 7.19. The number of benzene rings is 3. The Morgan fingerprint density at radius 3 is 2.38 bits per heavy atom. The lowest BCUT2D eigenvalue weighted by molar-refractivity contribution is -0.384. The van der Waals surface area contributed by atoms with Gasteiger partial charge in [0.1, 0.15) is 5.75 Å². The largest absolute Gasteiger partial charge is 0.497 e. The van der Waals surface area contributed by atoms with Crippen molar-refractivity contribution in [2.75, 3.05) is 7.11 Å². The summed E-state index contributed by atoms with van der Waals surface area (Å²) in [6, 6.07) is 20.4. The number of aromatic nitrogens is 1. The Bertz CT molecular complexity index is 1290. The lowest BCUT2D eigenvalue weighted by atomic mass is 10.0.